The van der Waals surface area contributed by atoms with Crippen LogP contribution in [0.15, 0.2) is 0 Å². The maximum absolute atomic E-state index is 11.1. The van der Waals surface area contributed by atoms with Crippen molar-refractivity contribution in [2.45, 2.75) is 76.7 Å². The van der Waals surface area contributed by atoms with Gasteiger partial charge in [0.2, 0.25) is 0 Å². The van der Waals surface area contributed by atoms with Gasteiger partial charge in [-0.25, -0.2) is 0 Å². The van der Waals surface area contributed by atoms with Crippen molar-refractivity contribution in [2.75, 3.05) is 19.6 Å². The highest BCUT2D eigenvalue weighted by molar-refractivity contribution is 4.90. The molecule has 106 valence electrons. The van der Waals surface area contributed by atoms with E-state index in [0.29, 0.717) is 5.92 Å². The maximum Gasteiger partial charge on any atom is 0.0688 e. The monoisotopic (exact) mass is 253 g/mol. The summed E-state index contributed by atoms with van der Waals surface area (Å²) in [6, 6.07) is 0. The Hall–Kier alpha value is -0.0800. The van der Waals surface area contributed by atoms with Crippen LogP contribution in [0.2, 0.25) is 0 Å². The minimum absolute atomic E-state index is 0.340. The van der Waals surface area contributed by atoms with Crippen LogP contribution in [0, 0.1) is 5.92 Å². The summed E-state index contributed by atoms with van der Waals surface area (Å²) in [5.74, 6) is 0.585. The summed E-state index contributed by atoms with van der Waals surface area (Å²) in [6.45, 7) is 5.77. The molecule has 2 aliphatic rings. The summed E-state index contributed by atoms with van der Waals surface area (Å²) >= 11 is 0. The van der Waals surface area contributed by atoms with Crippen LogP contribution in [-0.4, -0.2) is 35.2 Å². The lowest BCUT2D eigenvalue weighted by atomic mass is 9.77. The van der Waals surface area contributed by atoms with Crippen molar-refractivity contribution in [3.8, 4) is 0 Å². The van der Waals surface area contributed by atoms with Gasteiger partial charge in [0, 0.05) is 6.54 Å². The molecule has 1 saturated heterocycles. The van der Waals surface area contributed by atoms with E-state index < -0.39 is 0 Å². The lowest BCUT2D eigenvalue weighted by Crippen LogP contribution is -2.39. The second-order valence-electron chi connectivity index (χ2n) is 6.49. The second kappa shape index (κ2) is 6.91. The fourth-order valence-electron chi connectivity index (χ4n) is 3.96. The van der Waals surface area contributed by atoms with Gasteiger partial charge in [-0.2, -0.15) is 0 Å². The molecule has 0 radical (unpaired) electrons. The molecule has 1 aliphatic carbocycles. The number of hydrogen-bond donors (Lipinski definition) is 1. The van der Waals surface area contributed by atoms with Crippen molar-refractivity contribution in [1.29, 1.82) is 0 Å². The van der Waals surface area contributed by atoms with Crippen molar-refractivity contribution in [3.63, 3.8) is 0 Å². The van der Waals surface area contributed by atoms with Crippen molar-refractivity contribution in [2.24, 2.45) is 5.92 Å². The van der Waals surface area contributed by atoms with Crippen LogP contribution in [0.25, 0.3) is 0 Å². The van der Waals surface area contributed by atoms with E-state index >= 15 is 0 Å². The Morgan fingerprint density at radius 3 is 2.39 bits per heavy atom. The average Bonchev–Trinajstić information content (AvgIpc) is 2.72. The van der Waals surface area contributed by atoms with E-state index in [1.807, 2.05) is 0 Å². The summed E-state index contributed by atoms with van der Waals surface area (Å²) in [7, 11) is 0. The molecule has 1 atom stereocenters. The first-order chi connectivity index (χ1) is 8.74. The van der Waals surface area contributed by atoms with Crippen LogP contribution in [-0.2, 0) is 0 Å². The topological polar surface area (TPSA) is 23.5 Å². The smallest absolute Gasteiger partial charge is 0.0688 e. The Morgan fingerprint density at radius 2 is 1.72 bits per heavy atom. The third-order valence-electron chi connectivity index (χ3n) is 5.10. The molecule has 2 rings (SSSR count). The van der Waals surface area contributed by atoms with Gasteiger partial charge in [-0.3, -0.25) is 0 Å². The summed E-state index contributed by atoms with van der Waals surface area (Å²) < 4.78 is 0. The lowest BCUT2D eigenvalue weighted by molar-refractivity contribution is -0.0369. The van der Waals surface area contributed by atoms with Crippen molar-refractivity contribution in [1.82, 2.24) is 4.90 Å². The van der Waals surface area contributed by atoms with Gasteiger partial charge in [-0.15, -0.1) is 0 Å². The Balaban J connectivity index is 1.92. The fraction of sp³-hybridized carbons (Fsp3) is 1.00. The van der Waals surface area contributed by atoms with Gasteiger partial charge in [0.1, 0.15) is 0 Å². The predicted octanol–water partition coefficient (Wildman–Crippen LogP) is 3.58. The molecular weight excluding hydrogens is 222 g/mol. The van der Waals surface area contributed by atoms with Gasteiger partial charge in [-0.1, -0.05) is 32.6 Å². The molecule has 2 nitrogen and oxygen atoms in total. The number of likely N-dealkylation sites (tertiary alicyclic amines) is 1. The van der Waals surface area contributed by atoms with Crippen LogP contribution >= 0.6 is 0 Å². The molecule has 2 fully saturated rings. The minimum atomic E-state index is -0.340. The number of nitrogens with zero attached hydrogens (tertiary/aromatic N) is 1. The first-order valence-corrected chi connectivity index (χ1v) is 8.19. The second-order valence-corrected chi connectivity index (χ2v) is 6.49. The van der Waals surface area contributed by atoms with E-state index in [1.54, 1.807) is 0 Å². The van der Waals surface area contributed by atoms with E-state index in [9.17, 15) is 5.11 Å². The van der Waals surface area contributed by atoms with Gasteiger partial charge >= 0.3 is 0 Å². The highest BCUT2D eigenvalue weighted by Gasteiger charge is 2.37. The van der Waals surface area contributed by atoms with Gasteiger partial charge in [0.15, 0.2) is 0 Å². The highest BCUT2D eigenvalue weighted by atomic mass is 16.3. The summed E-state index contributed by atoms with van der Waals surface area (Å²) in [6.07, 6.45) is 12.5. The molecule has 0 spiro atoms. The van der Waals surface area contributed by atoms with E-state index in [2.05, 4.69) is 11.8 Å². The summed E-state index contributed by atoms with van der Waals surface area (Å²) in [4.78, 5) is 2.55. The van der Waals surface area contributed by atoms with Gasteiger partial charge in [-0.05, 0) is 57.5 Å². The Kier molecular flexibility index (Phi) is 5.50. The zero-order chi connectivity index (χ0) is 12.8. The molecule has 0 aromatic heterocycles. The number of hydrogen-bond acceptors (Lipinski definition) is 2. The first kappa shape index (κ1) is 14.3. The SMILES string of the molecule is CCCN1CCCC(O)(C2CCCCCC2)CC1. The molecule has 18 heavy (non-hydrogen) atoms. The zero-order valence-corrected chi connectivity index (χ0v) is 12.2. The molecule has 0 aromatic rings. The average molecular weight is 253 g/mol. The molecule has 0 bridgehead atoms. The molecule has 1 heterocycles. The van der Waals surface area contributed by atoms with Crippen LogP contribution in [0.3, 0.4) is 0 Å². The molecule has 1 N–H and O–H groups in total. The highest BCUT2D eigenvalue weighted by Crippen LogP contribution is 2.38. The number of aliphatic hydroxyl groups is 1. The molecule has 0 aromatic carbocycles. The van der Waals surface area contributed by atoms with E-state index in [0.717, 1.165) is 19.4 Å². The first-order valence-electron chi connectivity index (χ1n) is 8.19. The van der Waals surface area contributed by atoms with E-state index in [-0.39, 0.29) is 5.60 Å². The van der Waals surface area contributed by atoms with Crippen LogP contribution < -0.4 is 0 Å². The Morgan fingerprint density at radius 1 is 1.00 bits per heavy atom. The third-order valence-corrected chi connectivity index (χ3v) is 5.10. The summed E-state index contributed by atoms with van der Waals surface area (Å²) in [5, 5.41) is 11.1. The van der Waals surface area contributed by atoms with E-state index in [4.69, 9.17) is 0 Å². The van der Waals surface area contributed by atoms with E-state index in [1.165, 1.54) is 64.5 Å². The molecule has 2 heteroatoms. The summed E-state index contributed by atoms with van der Waals surface area (Å²) in [5.41, 5.74) is -0.340. The van der Waals surface area contributed by atoms with Gasteiger partial charge in [0.25, 0.3) is 0 Å². The molecule has 1 saturated carbocycles. The lowest BCUT2D eigenvalue weighted by Gasteiger charge is -2.35. The normalized spacial score (nSPS) is 33.0. The number of rotatable bonds is 3. The zero-order valence-electron chi connectivity index (χ0n) is 12.2. The minimum Gasteiger partial charge on any atom is -0.390 e. The molecule has 1 aliphatic heterocycles. The third kappa shape index (κ3) is 3.71. The Bertz CT molecular complexity index is 235. The standard InChI is InChI=1S/C16H31NO/c1-2-12-17-13-7-10-16(18,11-14-17)15-8-5-3-4-6-9-15/h15,18H,2-14H2,1H3. The van der Waals surface area contributed by atoms with Crippen molar-refractivity contribution >= 4 is 0 Å². The van der Waals surface area contributed by atoms with Crippen molar-refractivity contribution in [3.05, 3.63) is 0 Å². The fourth-order valence-corrected chi connectivity index (χ4v) is 3.96. The van der Waals surface area contributed by atoms with Crippen LogP contribution in [0.4, 0.5) is 0 Å². The quantitative estimate of drug-likeness (QED) is 0.777. The van der Waals surface area contributed by atoms with Crippen LogP contribution in [0.5, 0.6) is 0 Å². The molecular formula is C16H31NO. The van der Waals surface area contributed by atoms with Gasteiger partial charge < -0.3 is 10.0 Å². The maximum atomic E-state index is 11.1. The molecule has 1 unspecified atom stereocenters. The predicted molar refractivity (Wildman–Crippen MR) is 76.7 cm³/mol. The van der Waals surface area contributed by atoms with Gasteiger partial charge in [0.05, 0.1) is 5.60 Å². The molecule has 0 amide bonds. The largest absolute Gasteiger partial charge is 0.390 e. The Labute approximate surface area is 113 Å². The van der Waals surface area contributed by atoms with Crippen LogP contribution in [0.1, 0.15) is 71.1 Å². The van der Waals surface area contributed by atoms with Crippen molar-refractivity contribution < 1.29 is 5.11 Å².